The van der Waals surface area contributed by atoms with E-state index in [-0.39, 0.29) is 18.8 Å². The first-order valence-corrected chi connectivity index (χ1v) is 11.6. The summed E-state index contributed by atoms with van der Waals surface area (Å²) in [5, 5.41) is 11.1. The maximum atomic E-state index is 14.7. The van der Waals surface area contributed by atoms with E-state index in [0.29, 0.717) is 28.8 Å². The molecule has 0 fully saturated rings. The molecule has 1 atom stereocenters. The Balaban J connectivity index is 1.81. The fourth-order valence-electron chi connectivity index (χ4n) is 4.07. The Labute approximate surface area is 208 Å². The third-order valence-corrected chi connectivity index (χ3v) is 6.00. The number of aryl methyl sites for hydroxylation is 2. The average molecular weight is 490 g/mol. The van der Waals surface area contributed by atoms with Crippen LogP contribution in [0.3, 0.4) is 0 Å². The smallest absolute Gasteiger partial charge is 0.249 e. The first kappa shape index (κ1) is 25.0. The number of nitrogens with one attached hydrogen (secondary N) is 1. The Hall–Kier alpha value is -4.11. The van der Waals surface area contributed by atoms with Gasteiger partial charge in [-0.15, -0.1) is 5.10 Å². The molecule has 2 amide bonds. The van der Waals surface area contributed by atoms with Gasteiger partial charge in [0.15, 0.2) is 0 Å². The minimum atomic E-state index is -1.05. The van der Waals surface area contributed by atoms with Crippen molar-refractivity contribution in [3.8, 4) is 0 Å². The molecule has 0 spiro atoms. The summed E-state index contributed by atoms with van der Waals surface area (Å²) in [4.78, 5) is 28.8. The van der Waals surface area contributed by atoms with Gasteiger partial charge >= 0.3 is 0 Å². The number of para-hydroxylation sites is 1. The number of carbonyl (C=O) groups excluding carboxylic acids is 2. The molecule has 3 aromatic carbocycles. The molecular weight excluding hydrogens is 461 g/mol. The lowest BCUT2D eigenvalue weighted by molar-refractivity contribution is -0.127. The van der Waals surface area contributed by atoms with Gasteiger partial charge in [-0.2, -0.15) is 0 Å². The van der Waals surface area contributed by atoms with E-state index in [4.69, 9.17) is 4.74 Å². The van der Waals surface area contributed by atoms with Gasteiger partial charge in [0.25, 0.3) is 0 Å². The zero-order valence-corrected chi connectivity index (χ0v) is 20.4. The quantitative estimate of drug-likeness (QED) is 0.362. The minimum absolute atomic E-state index is 0.191. The first-order valence-electron chi connectivity index (χ1n) is 11.6. The highest BCUT2D eigenvalue weighted by molar-refractivity contribution is 6.01. The van der Waals surface area contributed by atoms with Gasteiger partial charge in [0, 0.05) is 19.3 Å². The number of halogens is 1. The predicted molar refractivity (Wildman–Crippen MR) is 135 cm³/mol. The van der Waals surface area contributed by atoms with Crippen LogP contribution in [-0.4, -0.2) is 47.1 Å². The summed E-state index contributed by atoms with van der Waals surface area (Å²) in [6.45, 7) is 3.89. The van der Waals surface area contributed by atoms with E-state index < -0.39 is 23.7 Å². The van der Waals surface area contributed by atoms with Crippen LogP contribution in [0.4, 0.5) is 10.1 Å². The molecule has 186 valence electrons. The summed E-state index contributed by atoms with van der Waals surface area (Å²) in [5.74, 6) is -1.32. The van der Waals surface area contributed by atoms with Crippen molar-refractivity contribution in [1.82, 2.24) is 20.3 Å². The summed E-state index contributed by atoms with van der Waals surface area (Å²) in [7, 11) is 1.54. The van der Waals surface area contributed by atoms with Crippen LogP contribution in [0.15, 0.2) is 66.7 Å². The number of nitrogens with zero attached hydrogens (tertiary/aromatic N) is 4. The zero-order valence-electron chi connectivity index (χ0n) is 20.4. The lowest BCUT2D eigenvalue weighted by Crippen LogP contribution is -2.46. The van der Waals surface area contributed by atoms with Crippen molar-refractivity contribution >= 4 is 28.5 Å². The fourth-order valence-corrected chi connectivity index (χ4v) is 4.07. The fraction of sp³-hybridized carbons (Fsp3) is 0.259. The van der Waals surface area contributed by atoms with Crippen LogP contribution in [0.5, 0.6) is 0 Å². The number of anilines is 1. The van der Waals surface area contributed by atoms with Gasteiger partial charge < -0.3 is 10.1 Å². The normalized spacial score (nSPS) is 11.9. The number of ether oxygens (including phenoxy) is 1. The molecule has 36 heavy (non-hydrogen) atoms. The summed E-state index contributed by atoms with van der Waals surface area (Å²) in [5.41, 5.74) is 3.48. The van der Waals surface area contributed by atoms with E-state index >= 15 is 0 Å². The number of hydrogen-bond donors (Lipinski definition) is 1. The van der Waals surface area contributed by atoms with Crippen LogP contribution in [0.2, 0.25) is 0 Å². The van der Waals surface area contributed by atoms with Gasteiger partial charge in [0.05, 0.1) is 12.1 Å². The van der Waals surface area contributed by atoms with Crippen LogP contribution in [-0.2, 0) is 20.9 Å². The SMILES string of the molecule is COCCNC(=O)[C@H](c1ccccc1C)N(C(=O)Cn1nnc2ccccc21)c1ccc(C)c(F)c1. The van der Waals surface area contributed by atoms with Crippen LogP contribution in [0.1, 0.15) is 22.7 Å². The van der Waals surface area contributed by atoms with Crippen molar-refractivity contribution in [3.63, 3.8) is 0 Å². The van der Waals surface area contributed by atoms with Gasteiger partial charge in [-0.05, 0) is 54.8 Å². The molecule has 1 N–H and O–H groups in total. The van der Waals surface area contributed by atoms with Crippen molar-refractivity contribution in [2.45, 2.75) is 26.4 Å². The highest BCUT2D eigenvalue weighted by Crippen LogP contribution is 2.31. The Kier molecular flexibility index (Phi) is 7.70. The number of methoxy groups -OCH3 is 1. The summed E-state index contributed by atoms with van der Waals surface area (Å²) < 4.78 is 21.3. The molecule has 0 aliphatic heterocycles. The third kappa shape index (κ3) is 5.26. The molecule has 0 aliphatic carbocycles. The lowest BCUT2D eigenvalue weighted by Gasteiger charge is -2.32. The molecule has 1 heterocycles. The zero-order chi connectivity index (χ0) is 25.7. The standard InChI is InChI=1S/C27H28FN5O3/c1-18-8-4-5-9-21(18)26(27(35)29-14-15-36-3)33(20-13-12-19(2)22(28)16-20)25(34)17-32-24-11-7-6-10-23(24)30-31-32/h4-13,16,26H,14-15,17H2,1-3H3,(H,29,35)/t26-/m0/s1. The second-order valence-electron chi connectivity index (χ2n) is 8.48. The van der Waals surface area contributed by atoms with Crippen molar-refractivity contribution in [2.75, 3.05) is 25.2 Å². The van der Waals surface area contributed by atoms with Gasteiger partial charge in [-0.3, -0.25) is 14.5 Å². The number of amides is 2. The van der Waals surface area contributed by atoms with E-state index in [2.05, 4.69) is 15.6 Å². The van der Waals surface area contributed by atoms with Crippen molar-refractivity contribution < 1.29 is 18.7 Å². The van der Waals surface area contributed by atoms with E-state index in [1.165, 1.54) is 15.6 Å². The van der Waals surface area contributed by atoms with Crippen molar-refractivity contribution in [2.24, 2.45) is 0 Å². The van der Waals surface area contributed by atoms with Crippen LogP contribution in [0, 0.1) is 19.7 Å². The molecule has 0 saturated carbocycles. The second-order valence-corrected chi connectivity index (χ2v) is 8.48. The van der Waals surface area contributed by atoms with E-state index in [9.17, 15) is 14.0 Å². The predicted octanol–water partition coefficient (Wildman–Crippen LogP) is 3.72. The maximum Gasteiger partial charge on any atom is 0.249 e. The maximum absolute atomic E-state index is 14.7. The Morgan fingerprint density at radius 3 is 2.56 bits per heavy atom. The molecule has 8 nitrogen and oxygen atoms in total. The first-order chi connectivity index (χ1) is 17.4. The highest BCUT2D eigenvalue weighted by atomic mass is 19.1. The lowest BCUT2D eigenvalue weighted by atomic mass is 9.98. The Morgan fingerprint density at radius 1 is 1.06 bits per heavy atom. The third-order valence-electron chi connectivity index (χ3n) is 6.00. The van der Waals surface area contributed by atoms with E-state index in [1.807, 2.05) is 37.3 Å². The van der Waals surface area contributed by atoms with Crippen LogP contribution < -0.4 is 10.2 Å². The molecule has 9 heteroatoms. The Bertz CT molecular complexity index is 1390. The number of hydrogen-bond acceptors (Lipinski definition) is 5. The van der Waals surface area contributed by atoms with Crippen LogP contribution in [0.25, 0.3) is 11.0 Å². The largest absolute Gasteiger partial charge is 0.383 e. The topological polar surface area (TPSA) is 89.4 Å². The molecule has 4 aromatic rings. The molecular formula is C27H28FN5O3. The monoisotopic (exact) mass is 489 g/mol. The number of benzene rings is 3. The van der Waals surface area contributed by atoms with Gasteiger partial charge in [-0.25, -0.2) is 9.07 Å². The van der Waals surface area contributed by atoms with E-state index in [0.717, 1.165) is 5.56 Å². The number of fused-ring (bicyclic) bond motifs is 1. The van der Waals surface area contributed by atoms with Gasteiger partial charge in [-0.1, -0.05) is 47.7 Å². The Morgan fingerprint density at radius 2 is 1.81 bits per heavy atom. The van der Waals surface area contributed by atoms with Crippen molar-refractivity contribution in [1.29, 1.82) is 0 Å². The average Bonchev–Trinajstić information content (AvgIpc) is 3.27. The van der Waals surface area contributed by atoms with Crippen molar-refractivity contribution in [3.05, 3.63) is 89.2 Å². The number of carbonyl (C=O) groups is 2. The number of rotatable bonds is 9. The molecule has 4 rings (SSSR count). The minimum Gasteiger partial charge on any atom is -0.383 e. The molecule has 0 bridgehead atoms. The molecule has 0 aliphatic rings. The van der Waals surface area contributed by atoms with Gasteiger partial charge in [0.1, 0.15) is 23.9 Å². The molecule has 1 aromatic heterocycles. The summed E-state index contributed by atoms with van der Waals surface area (Å²) >= 11 is 0. The number of aromatic nitrogens is 3. The molecule has 0 radical (unpaired) electrons. The van der Waals surface area contributed by atoms with Gasteiger partial charge in [0.2, 0.25) is 11.8 Å². The second kappa shape index (κ2) is 11.1. The van der Waals surface area contributed by atoms with E-state index in [1.54, 1.807) is 44.4 Å². The highest BCUT2D eigenvalue weighted by Gasteiger charge is 2.34. The van der Waals surface area contributed by atoms with Crippen LogP contribution >= 0.6 is 0 Å². The summed E-state index contributed by atoms with van der Waals surface area (Å²) in [6, 6.07) is 18.1. The summed E-state index contributed by atoms with van der Waals surface area (Å²) in [6.07, 6.45) is 0. The molecule has 0 unspecified atom stereocenters. The molecule has 0 saturated heterocycles.